The van der Waals surface area contributed by atoms with E-state index >= 15 is 0 Å². The van der Waals surface area contributed by atoms with Gasteiger partial charge in [-0.25, -0.2) is 15.0 Å². The maximum absolute atomic E-state index is 15.0. The predicted molar refractivity (Wildman–Crippen MR) is 148 cm³/mol. The maximum Gasteiger partial charge on any atom is 0.407 e. The van der Waals surface area contributed by atoms with Crippen molar-refractivity contribution in [3.05, 3.63) is 59.0 Å². The first-order valence-corrected chi connectivity index (χ1v) is 14.1. The van der Waals surface area contributed by atoms with Crippen LogP contribution in [0.4, 0.5) is 9.18 Å². The van der Waals surface area contributed by atoms with Crippen molar-refractivity contribution in [3.8, 4) is 11.1 Å². The topological polar surface area (TPSA) is 176 Å². The number of rotatable bonds is 9. The lowest BCUT2D eigenvalue weighted by atomic mass is 9.74. The number of para-hydroxylation sites is 1. The number of nitrogens with two attached hydrogens (primary N) is 3. The molecule has 0 bridgehead atoms. The molecule has 2 aromatic carbocycles. The van der Waals surface area contributed by atoms with Gasteiger partial charge in [0, 0.05) is 40.1 Å². The van der Waals surface area contributed by atoms with E-state index < -0.39 is 28.8 Å². The molecule has 0 saturated heterocycles. The van der Waals surface area contributed by atoms with Gasteiger partial charge in [-0.05, 0) is 55.3 Å². The average molecular weight is 544 g/mol. The molecule has 0 spiro atoms. The van der Waals surface area contributed by atoms with E-state index in [0.29, 0.717) is 46.9 Å². The van der Waals surface area contributed by atoms with E-state index in [1.54, 1.807) is 12.1 Å². The first kappa shape index (κ1) is 27.6. The number of hydrazone groups is 1. The summed E-state index contributed by atoms with van der Waals surface area (Å²) >= 11 is 0. The van der Waals surface area contributed by atoms with Gasteiger partial charge >= 0.3 is 6.09 Å². The van der Waals surface area contributed by atoms with Gasteiger partial charge in [0.15, 0.2) is 5.84 Å². The van der Waals surface area contributed by atoms with Crippen molar-refractivity contribution >= 4 is 33.6 Å². The highest BCUT2D eigenvalue weighted by atomic mass is 32.2. The van der Waals surface area contributed by atoms with Crippen molar-refractivity contribution in [3.63, 3.8) is 0 Å². The SMILES string of the molecule is C[C@@H](c1cccc2c(-c3ccc(CS(C)=O)c(F)c3)c(/C(=N/N)NN)[nH]c12)N(CC1CC(CN)C1)C(=O)O. The molecule has 1 aliphatic carbocycles. The molecule has 10 nitrogen and oxygen atoms in total. The molecule has 204 valence electrons. The number of amides is 1. The lowest BCUT2D eigenvalue weighted by Crippen LogP contribution is -2.42. The Hall–Kier alpha value is -3.48. The van der Waals surface area contributed by atoms with Crippen LogP contribution in [0.3, 0.4) is 0 Å². The first-order valence-electron chi connectivity index (χ1n) is 12.4. The normalized spacial score (nSPS) is 19.1. The molecule has 1 aromatic heterocycles. The Bertz CT molecular complexity index is 1390. The second kappa shape index (κ2) is 11.5. The van der Waals surface area contributed by atoms with Gasteiger partial charge in [0.2, 0.25) is 0 Å². The molecule has 4 rings (SSSR count). The zero-order valence-electron chi connectivity index (χ0n) is 21.4. The Kier molecular flexibility index (Phi) is 8.34. The fraction of sp³-hybridized carbons (Fsp3) is 0.385. The maximum atomic E-state index is 15.0. The Morgan fingerprint density at radius 3 is 2.63 bits per heavy atom. The van der Waals surface area contributed by atoms with Gasteiger partial charge in [0.25, 0.3) is 0 Å². The molecular weight excluding hydrogens is 509 g/mol. The van der Waals surface area contributed by atoms with Crippen molar-refractivity contribution in [2.24, 2.45) is 34.4 Å². The smallest absolute Gasteiger partial charge is 0.407 e. The monoisotopic (exact) mass is 543 g/mol. The van der Waals surface area contributed by atoms with Crippen molar-refractivity contribution in [2.75, 3.05) is 19.3 Å². The van der Waals surface area contributed by atoms with Crippen LogP contribution in [-0.2, 0) is 16.6 Å². The lowest BCUT2D eigenvalue weighted by molar-refractivity contribution is 0.0882. The molecule has 1 aliphatic rings. The van der Waals surface area contributed by atoms with Crippen LogP contribution in [0.15, 0.2) is 41.5 Å². The van der Waals surface area contributed by atoms with Gasteiger partial charge in [-0.3, -0.25) is 4.21 Å². The average Bonchev–Trinajstić information content (AvgIpc) is 3.24. The summed E-state index contributed by atoms with van der Waals surface area (Å²) in [4.78, 5) is 17.0. The quantitative estimate of drug-likeness (QED) is 0.104. The number of benzene rings is 2. The number of fused-ring (bicyclic) bond motifs is 1. The minimum absolute atomic E-state index is 0.104. The summed E-state index contributed by atoms with van der Waals surface area (Å²) in [5.41, 5.74) is 11.6. The van der Waals surface area contributed by atoms with Crippen molar-refractivity contribution in [2.45, 2.75) is 31.6 Å². The van der Waals surface area contributed by atoms with Gasteiger partial charge in [-0.2, -0.15) is 5.10 Å². The standard InChI is InChI=1S/C26H34FN7O3S/c1-14(34(26(35)36)12-16-8-15(9-16)11-28)19-4-3-5-20-22(24(31-23(19)20)25(32-29)33-30)17-6-7-18(13-38(2)37)21(27)10-17/h3-7,10,14-16,31H,8-9,11-13,28-30H2,1-2H3,(H,32,33)(H,35,36)/t14-,15?,16?,38?/m0/s1. The summed E-state index contributed by atoms with van der Waals surface area (Å²) in [5, 5.41) is 14.5. The molecular formula is C26H34FN7O3S. The Balaban J connectivity index is 1.81. The van der Waals surface area contributed by atoms with E-state index in [4.69, 9.17) is 17.4 Å². The number of hydrazine groups is 1. The third kappa shape index (κ3) is 5.38. The molecule has 0 radical (unpaired) electrons. The number of amidine groups is 1. The molecule has 9 N–H and O–H groups in total. The molecule has 3 aromatic rings. The van der Waals surface area contributed by atoms with E-state index in [-0.39, 0.29) is 17.5 Å². The van der Waals surface area contributed by atoms with Crippen LogP contribution >= 0.6 is 0 Å². The largest absolute Gasteiger partial charge is 0.465 e. The molecule has 1 saturated carbocycles. The molecule has 12 heteroatoms. The number of aromatic nitrogens is 1. The molecule has 2 atom stereocenters. The minimum atomic E-state index is -1.19. The summed E-state index contributed by atoms with van der Waals surface area (Å²) in [6.45, 7) is 2.88. The number of hydrogen-bond acceptors (Lipinski definition) is 6. The third-order valence-corrected chi connectivity index (χ3v) is 8.07. The number of nitrogens with zero attached hydrogens (tertiary/aromatic N) is 2. The summed E-state index contributed by atoms with van der Waals surface area (Å²) < 4.78 is 26.6. The van der Waals surface area contributed by atoms with E-state index in [0.717, 1.165) is 23.8 Å². The Labute approximate surface area is 222 Å². The van der Waals surface area contributed by atoms with Crippen LogP contribution in [0.2, 0.25) is 0 Å². The highest BCUT2D eigenvalue weighted by molar-refractivity contribution is 7.83. The zero-order valence-corrected chi connectivity index (χ0v) is 22.2. The second-order valence-corrected chi connectivity index (χ2v) is 11.3. The number of aromatic amines is 1. The number of nitrogens with one attached hydrogen (secondary N) is 2. The number of carbonyl (C=O) groups is 1. The molecule has 0 aliphatic heterocycles. The van der Waals surface area contributed by atoms with Crippen LogP contribution in [0.1, 0.15) is 42.6 Å². The van der Waals surface area contributed by atoms with Crippen LogP contribution in [0.25, 0.3) is 22.0 Å². The van der Waals surface area contributed by atoms with Gasteiger partial charge in [-0.1, -0.05) is 30.3 Å². The van der Waals surface area contributed by atoms with Crippen molar-refractivity contribution in [1.82, 2.24) is 15.3 Å². The molecule has 38 heavy (non-hydrogen) atoms. The van der Waals surface area contributed by atoms with E-state index in [9.17, 15) is 18.5 Å². The highest BCUT2D eigenvalue weighted by Gasteiger charge is 2.33. The predicted octanol–water partition coefficient (Wildman–Crippen LogP) is 2.96. The van der Waals surface area contributed by atoms with Gasteiger partial charge < -0.3 is 32.0 Å². The Morgan fingerprint density at radius 1 is 1.32 bits per heavy atom. The van der Waals surface area contributed by atoms with Gasteiger partial charge in [0.05, 0.1) is 23.0 Å². The van der Waals surface area contributed by atoms with Gasteiger partial charge in [-0.15, -0.1) is 0 Å². The number of H-pyrrole nitrogens is 1. The molecule has 1 fully saturated rings. The number of hydrogen-bond donors (Lipinski definition) is 6. The summed E-state index contributed by atoms with van der Waals surface area (Å²) in [5.74, 6) is 11.8. The number of carboxylic acid groups (broad SMARTS) is 1. The first-order chi connectivity index (χ1) is 18.2. The fourth-order valence-electron chi connectivity index (χ4n) is 5.34. The van der Waals surface area contributed by atoms with E-state index in [2.05, 4.69) is 15.5 Å². The van der Waals surface area contributed by atoms with Gasteiger partial charge in [0.1, 0.15) is 5.82 Å². The van der Waals surface area contributed by atoms with Crippen LogP contribution in [0, 0.1) is 17.7 Å². The fourth-order valence-corrected chi connectivity index (χ4v) is 6.01. The molecule has 1 unspecified atom stereocenters. The second-order valence-electron chi connectivity index (χ2n) is 9.84. The third-order valence-electron chi connectivity index (χ3n) is 7.35. The summed E-state index contributed by atoms with van der Waals surface area (Å²) in [7, 11) is -1.19. The Morgan fingerprint density at radius 2 is 2.05 bits per heavy atom. The highest BCUT2D eigenvalue weighted by Crippen LogP contribution is 2.39. The van der Waals surface area contributed by atoms with Crippen molar-refractivity contribution in [1.29, 1.82) is 0 Å². The summed E-state index contributed by atoms with van der Waals surface area (Å²) in [6.07, 6.45) is 2.35. The zero-order chi connectivity index (χ0) is 27.6. The van der Waals surface area contributed by atoms with Crippen molar-refractivity contribution < 1.29 is 18.5 Å². The van der Waals surface area contributed by atoms with Crippen LogP contribution < -0.4 is 22.8 Å². The van der Waals surface area contributed by atoms with E-state index in [1.807, 2.05) is 25.1 Å². The minimum Gasteiger partial charge on any atom is -0.465 e. The molecule has 1 amide bonds. The lowest BCUT2D eigenvalue weighted by Gasteiger charge is -2.39. The van der Waals surface area contributed by atoms with E-state index in [1.165, 1.54) is 17.2 Å². The van der Waals surface area contributed by atoms with Crippen LogP contribution in [-0.4, -0.2) is 50.5 Å². The number of halogens is 1. The van der Waals surface area contributed by atoms with Crippen LogP contribution in [0.5, 0.6) is 0 Å². The summed E-state index contributed by atoms with van der Waals surface area (Å²) in [6, 6.07) is 9.82. The molecule has 1 heterocycles.